The van der Waals surface area contributed by atoms with Crippen molar-refractivity contribution in [3.05, 3.63) is 71.8 Å². The number of carbonyl (C=O) groups is 1. The summed E-state index contributed by atoms with van der Waals surface area (Å²) in [6.45, 7) is 0.481. The van der Waals surface area contributed by atoms with Gasteiger partial charge in [0.25, 0.3) is 0 Å². The van der Waals surface area contributed by atoms with Crippen molar-refractivity contribution in [2.45, 2.75) is 18.9 Å². The Balaban J connectivity index is 1.71. The summed E-state index contributed by atoms with van der Waals surface area (Å²) in [4.78, 5) is 11.9. The Morgan fingerprint density at radius 3 is 2.27 bits per heavy atom. The van der Waals surface area contributed by atoms with Gasteiger partial charge in [0.05, 0.1) is 12.6 Å². The van der Waals surface area contributed by atoms with Crippen LogP contribution in [0.25, 0.3) is 0 Å². The maximum Gasteiger partial charge on any atom is 0.315 e. The average Bonchev–Trinajstić information content (AvgIpc) is 2.58. The van der Waals surface area contributed by atoms with Gasteiger partial charge in [-0.05, 0) is 24.0 Å². The minimum absolute atomic E-state index is 0.124. The maximum absolute atomic E-state index is 11.9. The molecule has 2 aromatic rings. The molecule has 1 atom stereocenters. The number of aryl methyl sites for hydroxylation is 1. The van der Waals surface area contributed by atoms with Crippen LogP contribution >= 0.6 is 0 Å². The van der Waals surface area contributed by atoms with E-state index in [9.17, 15) is 9.90 Å². The van der Waals surface area contributed by atoms with E-state index in [2.05, 4.69) is 22.8 Å². The molecule has 0 saturated heterocycles. The molecule has 0 spiro atoms. The molecule has 0 unspecified atom stereocenters. The van der Waals surface area contributed by atoms with Gasteiger partial charge in [0.2, 0.25) is 0 Å². The molecule has 4 heteroatoms. The molecule has 0 bridgehead atoms. The van der Waals surface area contributed by atoms with Crippen LogP contribution in [0.2, 0.25) is 0 Å². The standard InChI is InChI=1S/C18H22N2O2/c21-14-17(16-11-5-2-6-12-16)20-18(22)19-13-7-10-15-8-3-1-4-9-15/h1-6,8-9,11-12,17,21H,7,10,13-14H2,(H2,19,20,22)/t17-/m1/s1. The molecular weight excluding hydrogens is 276 g/mol. The van der Waals surface area contributed by atoms with Crippen molar-refractivity contribution in [2.24, 2.45) is 0 Å². The highest BCUT2D eigenvalue weighted by Gasteiger charge is 2.12. The third kappa shape index (κ3) is 5.22. The van der Waals surface area contributed by atoms with Crippen molar-refractivity contribution in [1.29, 1.82) is 0 Å². The first-order chi connectivity index (χ1) is 10.8. The van der Waals surface area contributed by atoms with Gasteiger partial charge < -0.3 is 15.7 Å². The Morgan fingerprint density at radius 1 is 1.00 bits per heavy atom. The lowest BCUT2D eigenvalue weighted by molar-refractivity contribution is 0.217. The molecule has 3 N–H and O–H groups in total. The van der Waals surface area contributed by atoms with Crippen LogP contribution in [0.1, 0.15) is 23.6 Å². The van der Waals surface area contributed by atoms with Crippen molar-refractivity contribution in [3.8, 4) is 0 Å². The number of carbonyl (C=O) groups excluding carboxylic acids is 1. The smallest absolute Gasteiger partial charge is 0.315 e. The molecule has 2 amide bonds. The Bertz CT molecular complexity index is 558. The number of rotatable bonds is 7. The summed E-state index contributed by atoms with van der Waals surface area (Å²) >= 11 is 0. The highest BCUT2D eigenvalue weighted by molar-refractivity contribution is 5.74. The first kappa shape index (κ1) is 16.0. The molecule has 116 valence electrons. The fourth-order valence-electron chi connectivity index (χ4n) is 2.27. The van der Waals surface area contributed by atoms with E-state index >= 15 is 0 Å². The fraction of sp³-hybridized carbons (Fsp3) is 0.278. The van der Waals surface area contributed by atoms with Crippen LogP contribution in [-0.2, 0) is 6.42 Å². The highest BCUT2D eigenvalue weighted by atomic mass is 16.3. The molecule has 0 radical (unpaired) electrons. The number of benzene rings is 2. The van der Waals surface area contributed by atoms with E-state index in [1.165, 1.54) is 5.56 Å². The van der Waals surface area contributed by atoms with Crippen LogP contribution in [0, 0.1) is 0 Å². The number of nitrogens with one attached hydrogen (secondary N) is 2. The predicted octanol–water partition coefficient (Wildman–Crippen LogP) is 2.65. The van der Waals surface area contributed by atoms with Gasteiger partial charge in [-0.15, -0.1) is 0 Å². The molecule has 22 heavy (non-hydrogen) atoms. The minimum Gasteiger partial charge on any atom is -0.394 e. The van der Waals surface area contributed by atoms with Gasteiger partial charge in [-0.1, -0.05) is 60.7 Å². The minimum atomic E-state index is -0.379. The zero-order chi connectivity index (χ0) is 15.6. The SMILES string of the molecule is O=C(NCCCc1ccccc1)N[C@H](CO)c1ccccc1. The zero-order valence-corrected chi connectivity index (χ0v) is 12.5. The molecular formula is C18H22N2O2. The highest BCUT2D eigenvalue weighted by Crippen LogP contribution is 2.11. The van der Waals surface area contributed by atoms with Gasteiger partial charge >= 0.3 is 6.03 Å². The van der Waals surface area contributed by atoms with E-state index in [0.29, 0.717) is 6.54 Å². The Kier molecular flexibility index (Phi) is 6.45. The number of aliphatic hydroxyl groups is 1. The number of hydrogen-bond donors (Lipinski definition) is 3. The number of urea groups is 1. The summed E-state index contributed by atoms with van der Waals surface area (Å²) in [6, 6.07) is 19.0. The molecule has 4 nitrogen and oxygen atoms in total. The second-order valence-corrected chi connectivity index (χ2v) is 5.14. The van der Waals surface area contributed by atoms with Gasteiger partial charge in [-0.2, -0.15) is 0 Å². The molecule has 2 aromatic carbocycles. The summed E-state index contributed by atoms with van der Waals surface area (Å²) in [5.74, 6) is 0. The summed E-state index contributed by atoms with van der Waals surface area (Å²) in [5.41, 5.74) is 2.16. The number of amides is 2. The number of hydrogen-bond acceptors (Lipinski definition) is 2. The topological polar surface area (TPSA) is 61.4 Å². The third-order valence-corrected chi connectivity index (χ3v) is 3.46. The van der Waals surface area contributed by atoms with Crippen molar-refractivity contribution in [3.63, 3.8) is 0 Å². The normalized spacial score (nSPS) is 11.7. The Labute approximate surface area is 131 Å². The summed E-state index contributed by atoms with van der Waals surface area (Å²) < 4.78 is 0. The first-order valence-corrected chi connectivity index (χ1v) is 7.53. The van der Waals surface area contributed by atoms with Gasteiger partial charge in [0.1, 0.15) is 0 Å². The zero-order valence-electron chi connectivity index (χ0n) is 12.5. The van der Waals surface area contributed by atoms with E-state index in [1.807, 2.05) is 48.5 Å². The van der Waals surface area contributed by atoms with Crippen LogP contribution in [0.5, 0.6) is 0 Å². The molecule has 0 aromatic heterocycles. The van der Waals surface area contributed by atoms with Crippen molar-refractivity contribution in [1.82, 2.24) is 10.6 Å². The largest absolute Gasteiger partial charge is 0.394 e. The van der Waals surface area contributed by atoms with E-state index < -0.39 is 0 Å². The number of aliphatic hydroxyl groups excluding tert-OH is 1. The molecule has 0 heterocycles. The summed E-state index contributed by atoms with van der Waals surface area (Å²) in [6.07, 6.45) is 1.82. The lowest BCUT2D eigenvalue weighted by Gasteiger charge is -2.17. The van der Waals surface area contributed by atoms with E-state index in [0.717, 1.165) is 18.4 Å². The van der Waals surface area contributed by atoms with Gasteiger partial charge in [0.15, 0.2) is 0 Å². The van der Waals surface area contributed by atoms with Crippen molar-refractivity contribution in [2.75, 3.05) is 13.2 Å². The molecule has 0 aliphatic heterocycles. The second-order valence-electron chi connectivity index (χ2n) is 5.14. The molecule has 0 aliphatic rings. The van der Waals surface area contributed by atoms with Crippen molar-refractivity contribution < 1.29 is 9.90 Å². The molecule has 0 aliphatic carbocycles. The monoisotopic (exact) mass is 298 g/mol. The van der Waals surface area contributed by atoms with Gasteiger partial charge in [-0.3, -0.25) is 0 Å². The molecule has 0 saturated carbocycles. The second kappa shape index (κ2) is 8.85. The van der Waals surface area contributed by atoms with Gasteiger partial charge in [0, 0.05) is 6.54 Å². The summed E-state index contributed by atoms with van der Waals surface area (Å²) in [5, 5.41) is 15.0. The fourth-order valence-corrected chi connectivity index (χ4v) is 2.27. The quantitative estimate of drug-likeness (QED) is 0.688. The van der Waals surface area contributed by atoms with Crippen LogP contribution in [0.15, 0.2) is 60.7 Å². The van der Waals surface area contributed by atoms with Gasteiger partial charge in [-0.25, -0.2) is 4.79 Å². The van der Waals surface area contributed by atoms with Crippen LogP contribution in [-0.4, -0.2) is 24.3 Å². The lowest BCUT2D eigenvalue weighted by Crippen LogP contribution is -2.39. The summed E-state index contributed by atoms with van der Waals surface area (Å²) in [7, 11) is 0. The average molecular weight is 298 g/mol. The predicted molar refractivity (Wildman–Crippen MR) is 87.6 cm³/mol. The lowest BCUT2D eigenvalue weighted by atomic mass is 10.1. The maximum atomic E-state index is 11.9. The molecule has 2 rings (SSSR count). The Morgan fingerprint density at radius 2 is 1.64 bits per heavy atom. The first-order valence-electron chi connectivity index (χ1n) is 7.53. The van der Waals surface area contributed by atoms with E-state index in [4.69, 9.17) is 0 Å². The van der Waals surface area contributed by atoms with E-state index in [1.54, 1.807) is 0 Å². The van der Waals surface area contributed by atoms with E-state index in [-0.39, 0.29) is 18.7 Å². The Hall–Kier alpha value is -2.33. The van der Waals surface area contributed by atoms with Crippen molar-refractivity contribution >= 4 is 6.03 Å². The van der Waals surface area contributed by atoms with Crippen LogP contribution < -0.4 is 10.6 Å². The third-order valence-electron chi connectivity index (χ3n) is 3.46. The van der Waals surface area contributed by atoms with Crippen LogP contribution in [0.3, 0.4) is 0 Å². The molecule has 0 fully saturated rings. The van der Waals surface area contributed by atoms with Crippen LogP contribution in [0.4, 0.5) is 4.79 Å².